The molecule has 2 amide bonds. The molecule has 30 heavy (non-hydrogen) atoms. The number of H-pyrrole nitrogens is 1. The van der Waals surface area contributed by atoms with Crippen molar-refractivity contribution < 1.29 is 19.1 Å². The van der Waals surface area contributed by atoms with E-state index in [1.54, 1.807) is 0 Å². The first kappa shape index (κ1) is 21.6. The number of aryl methyl sites for hydroxylation is 2. The Hall–Kier alpha value is -3.13. The van der Waals surface area contributed by atoms with Crippen molar-refractivity contribution in [3.63, 3.8) is 0 Å². The number of halogens is 1. The number of aromatic nitrogens is 1. The van der Waals surface area contributed by atoms with E-state index in [1.807, 2.05) is 56.3 Å². The van der Waals surface area contributed by atoms with Crippen molar-refractivity contribution in [1.29, 1.82) is 0 Å². The van der Waals surface area contributed by atoms with Crippen molar-refractivity contribution in [2.45, 2.75) is 13.8 Å². The second-order valence-electron chi connectivity index (χ2n) is 7.00. The smallest absolute Gasteiger partial charge is 0.356 e. The van der Waals surface area contributed by atoms with Gasteiger partial charge in [-0.15, -0.1) is 0 Å². The first-order valence-corrected chi connectivity index (χ1v) is 10.1. The molecule has 0 atom stereocenters. The van der Waals surface area contributed by atoms with E-state index < -0.39 is 18.5 Å². The summed E-state index contributed by atoms with van der Waals surface area (Å²) < 4.78 is 5.72. The van der Waals surface area contributed by atoms with Crippen LogP contribution in [0.3, 0.4) is 0 Å². The molecule has 0 aliphatic carbocycles. The van der Waals surface area contributed by atoms with Crippen molar-refractivity contribution in [1.82, 2.24) is 9.88 Å². The molecule has 2 aromatic carbocycles. The number of para-hydroxylation sites is 2. The molecule has 0 aliphatic rings. The SMILES string of the molecule is Cc1cccc(C)c1NC(=O)CN(C)C(=O)COC(=O)c1[nH]c2ccccc2c1Br. The van der Waals surface area contributed by atoms with Crippen LogP contribution in [0.5, 0.6) is 0 Å². The number of hydrogen-bond acceptors (Lipinski definition) is 4. The average Bonchev–Trinajstić information content (AvgIpc) is 3.05. The Labute approximate surface area is 182 Å². The lowest BCUT2D eigenvalue weighted by Crippen LogP contribution is -2.37. The maximum Gasteiger partial charge on any atom is 0.356 e. The van der Waals surface area contributed by atoms with E-state index in [2.05, 4.69) is 26.2 Å². The molecule has 0 unspecified atom stereocenters. The fraction of sp³-hybridized carbons (Fsp3) is 0.227. The summed E-state index contributed by atoms with van der Waals surface area (Å²) in [6.07, 6.45) is 0. The number of fused-ring (bicyclic) bond motifs is 1. The molecule has 3 aromatic rings. The summed E-state index contributed by atoms with van der Waals surface area (Å²) in [5, 5.41) is 3.67. The molecule has 0 saturated carbocycles. The van der Waals surface area contributed by atoms with Crippen molar-refractivity contribution in [3.8, 4) is 0 Å². The highest BCUT2D eigenvalue weighted by molar-refractivity contribution is 9.10. The molecule has 3 rings (SSSR count). The van der Waals surface area contributed by atoms with Gasteiger partial charge in [0.1, 0.15) is 5.69 Å². The minimum Gasteiger partial charge on any atom is -0.451 e. The van der Waals surface area contributed by atoms with Crippen molar-refractivity contribution in [2.24, 2.45) is 0 Å². The quantitative estimate of drug-likeness (QED) is 0.534. The Morgan fingerprint density at radius 1 is 1.07 bits per heavy atom. The predicted octanol–water partition coefficient (Wildman–Crippen LogP) is 3.80. The van der Waals surface area contributed by atoms with Gasteiger partial charge < -0.3 is 19.9 Å². The number of carbonyl (C=O) groups is 3. The van der Waals surface area contributed by atoms with E-state index in [1.165, 1.54) is 11.9 Å². The van der Waals surface area contributed by atoms with Gasteiger partial charge in [0.2, 0.25) is 5.91 Å². The molecule has 0 bridgehead atoms. The van der Waals surface area contributed by atoms with E-state index in [0.717, 1.165) is 27.7 Å². The number of nitrogens with zero attached hydrogens (tertiary/aromatic N) is 1. The van der Waals surface area contributed by atoms with Gasteiger partial charge in [0.15, 0.2) is 6.61 Å². The molecule has 2 N–H and O–H groups in total. The van der Waals surface area contributed by atoms with Gasteiger partial charge in [0.05, 0.1) is 11.0 Å². The molecule has 1 heterocycles. The third-order valence-corrected chi connectivity index (χ3v) is 5.55. The molecule has 0 radical (unpaired) electrons. The van der Waals surface area contributed by atoms with Crippen LogP contribution >= 0.6 is 15.9 Å². The van der Waals surface area contributed by atoms with Crippen LogP contribution in [-0.2, 0) is 14.3 Å². The standard InChI is InChI=1S/C22H22BrN3O4/c1-13-7-6-8-14(2)20(13)25-17(27)11-26(3)18(28)12-30-22(29)21-19(23)15-9-4-5-10-16(15)24-21/h4-10,24H,11-12H2,1-3H3,(H,25,27). The maximum atomic E-state index is 12.4. The summed E-state index contributed by atoms with van der Waals surface area (Å²) in [5.41, 5.74) is 3.63. The van der Waals surface area contributed by atoms with Gasteiger partial charge in [-0.25, -0.2) is 4.79 Å². The molecule has 156 valence electrons. The zero-order valence-electron chi connectivity index (χ0n) is 16.9. The first-order valence-electron chi connectivity index (χ1n) is 9.31. The molecule has 8 heteroatoms. The summed E-state index contributed by atoms with van der Waals surface area (Å²) in [4.78, 5) is 41.2. The van der Waals surface area contributed by atoms with Crippen LogP contribution in [0.2, 0.25) is 0 Å². The van der Waals surface area contributed by atoms with E-state index in [4.69, 9.17) is 4.74 Å². The van der Waals surface area contributed by atoms with E-state index in [9.17, 15) is 14.4 Å². The summed E-state index contributed by atoms with van der Waals surface area (Å²) in [5.74, 6) is -1.46. The number of ether oxygens (including phenoxy) is 1. The number of anilines is 1. The predicted molar refractivity (Wildman–Crippen MR) is 118 cm³/mol. The van der Waals surface area contributed by atoms with Gasteiger partial charge in [0.25, 0.3) is 5.91 Å². The molecule has 1 aromatic heterocycles. The fourth-order valence-corrected chi connectivity index (χ4v) is 3.66. The van der Waals surface area contributed by atoms with Crippen LogP contribution in [0, 0.1) is 13.8 Å². The van der Waals surface area contributed by atoms with E-state index >= 15 is 0 Å². The van der Waals surface area contributed by atoms with Crippen LogP contribution in [0.4, 0.5) is 5.69 Å². The molecular weight excluding hydrogens is 450 g/mol. The van der Waals surface area contributed by atoms with Gasteiger partial charge >= 0.3 is 5.97 Å². The number of likely N-dealkylation sites (N-methyl/N-ethyl adjacent to an activating group) is 1. The monoisotopic (exact) mass is 471 g/mol. The van der Waals surface area contributed by atoms with Gasteiger partial charge in [0, 0.05) is 23.6 Å². The highest BCUT2D eigenvalue weighted by Gasteiger charge is 2.20. The van der Waals surface area contributed by atoms with Gasteiger partial charge in [-0.1, -0.05) is 36.4 Å². The van der Waals surface area contributed by atoms with Crippen LogP contribution < -0.4 is 5.32 Å². The van der Waals surface area contributed by atoms with Crippen LogP contribution in [0.1, 0.15) is 21.6 Å². The molecule has 7 nitrogen and oxygen atoms in total. The van der Waals surface area contributed by atoms with E-state index in [-0.39, 0.29) is 18.1 Å². The molecule has 0 spiro atoms. The molecular formula is C22H22BrN3O4. The fourth-order valence-electron chi connectivity index (χ4n) is 3.05. The third-order valence-electron chi connectivity index (χ3n) is 4.73. The van der Waals surface area contributed by atoms with Crippen molar-refractivity contribution in [2.75, 3.05) is 25.5 Å². The molecule has 0 fully saturated rings. The third kappa shape index (κ3) is 4.71. The second-order valence-corrected chi connectivity index (χ2v) is 7.79. The second kappa shape index (κ2) is 9.13. The summed E-state index contributed by atoms with van der Waals surface area (Å²) in [6, 6.07) is 13.1. The number of hydrogen-bond donors (Lipinski definition) is 2. The first-order chi connectivity index (χ1) is 14.3. The zero-order chi connectivity index (χ0) is 21.8. The van der Waals surface area contributed by atoms with Gasteiger partial charge in [-0.2, -0.15) is 0 Å². The van der Waals surface area contributed by atoms with Crippen molar-refractivity contribution >= 4 is 50.3 Å². The Morgan fingerprint density at radius 2 is 1.73 bits per heavy atom. The number of rotatable bonds is 6. The lowest BCUT2D eigenvalue weighted by Gasteiger charge is -2.18. The Balaban J connectivity index is 1.55. The number of nitrogens with one attached hydrogen (secondary N) is 2. The van der Waals surface area contributed by atoms with Crippen molar-refractivity contribution in [3.05, 3.63) is 63.8 Å². The minimum atomic E-state index is -0.653. The largest absolute Gasteiger partial charge is 0.451 e. The lowest BCUT2D eigenvalue weighted by molar-refractivity contribution is -0.136. The number of esters is 1. The number of amides is 2. The number of benzene rings is 2. The molecule has 0 saturated heterocycles. The maximum absolute atomic E-state index is 12.4. The van der Waals surface area contributed by atoms with Crippen LogP contribution in [0.15, 0.2) is 46.9 Å². The summed E-state index contributed by atoms with van der Waals surface area (Å²) in [7, 11) is 1.49. The average molecular weight is 472 g/mol. The normalized spacial score (nSPS) is 10.7. The summed E-state index contributed by atoms with van der Waals surface area (Å²) >= 11 is 3.38. The Kier molecular flexibility index (Phi) is 6.56. The van der Waals surface area contributed by atoms with E-state index in [0.29, 0.717) is 4.47 Å². The molecule has 0 aliphatic heterocycles. The van der Waals surface area contributed by atoms with Gasteiger partial charge in [-0.05, 0) is 47.0 Å². The van der Waals surface area contributed by atoms with Crippen LogP contribution in [0.25, 0.3) is 10.9 Å². The Bertz CT molecular complexity index is 1100. The summed E-state index contributed by atoms with van der Waals surface area (Å²) in [6.45, 7) is 3.19. The minimum absolute atomic E-state index is 0.153. The number of carbonyl (C=O) groups excluding carboxylic acids is 3. The highest BCUT2D eigenvalue weighted by atomic mass is 79.9. The Morgan fingerprint density at radius 3 is 2.40 bits per heavy atom. The van der Waals surface area contributed by atoms with Crippen LogP contribution in [-0.4, -0.2) is 47.9 Å². The topological polar surface area (TPSA) is 91.5 Å². The highest BCUT2D eigenvalue weighted by Crippen LogP contribution is 2.28. The van der Waals surface area contributed by atoms with Gasteiger partial charge in [-0.3, -0.25) is 9.59 Å². The lowest BCUT2D eigenvalue weighted by atomic mass is 10.1. The number of aromatic amines is 1. The zero-order valence-corrected chi connectivity index (χ0v) is 18.5.